The lowest BCUT2D eigenvalue weighted by Gasteiger charge is -2.23. The van der Waals surface area contributed by atoms with Crippen molar-refractivity contribution in [2.75, 3.05) is 24.4 Å². The predicted octanol–water partition coefficient (Wildman–Crippen LogP) is 6.02. The first kappa shape index (κ1) is 31.9. The number of alkyl halides is 6. The van der Waals surface area contributed by atoms with Crippen molar-refractivity contribution in [1.82, 2.24) is 0 Å². The van der Waals surface area contributed by atoms with Gasteiger partial charge in [-0.3, -0.25) is 9.59 Å². The molecule has 2 aromatic rings. The van der Waals surface area contributed by atoms with E-state index in [0.29, 0.717) is 18.2 Å². The minimum atomic E-state index is -5.46. The third-order valence-corrected chi connectivity index (χ3v) is 6.84. The van der Waals surface area contributed by atoms with Crippen LogP contribution in [-0.2, 0) is 42.0 Å². The highest BCUT2D eigenvalue weighted by Gasteiger charge is 2.49. The number of halogens is 6. The average Bonchev–Trinajstić information content (AvgIpc) is 2.78. The number of carbonyl (C=O) groups excluding carboxylic acids is 2. The van der Waals surface area contributed by atoms with Gasteiger partial charge in [0.05, 0.1) is 29.9 Å². The van der Waals surface area contributed by atoms with E-state index in [2.05, 4.69) is 5.32 Å². The number of sulfone groups is 1. The fourth-order valence-corrected chi connectivity index (χ4v) is 4.09. The minimum Gasteiger partial charge on any atom is -0.466 e. The molecule has 2 rings (SSSR count). The molecule has 0 fully saturated rings. The van der Waals surface area contributed by atoms with Gasteiger partial charge in [-0.05, 0) is 48.9 Å². The molecule has 216 valence electrons. The summed E-state index contributed by atoms with van der Waals surface area (Å²) in [7, 11) is -5.46. The van der Waals surface area contributed by atoms with Gasteiger partial charge in [0.2, 0.25) is 15.7 Å². The molecule has 1 amide bonds. The Bertz CT molecular complexity index is 1320. The molecule has 0 aliphatic carbocycles. The SMILES string of the molecule is CCOC(=O)Cc1cc(Oc2ccc(NC(=O)C(C)(C)C)cc2C(F)(F)S(=O)(=O)CCF)cc(C(F)(F)F)c1. The number of anilines is 1. The number of rotatable bonds is 10. The molecule has 1 N–H and O–H groups in total. The molecule has 0 saturated carbocycles. The maximum Gasteiger partial charge on any atom is 0.416 e. The van der Waals surface area contributed by atoms with Gasteiger partial charge in [0.25, 0.3) is 0 Å². The summed E-state index contributed by atoms with van der Waals surface area (Å²) >= 11 is 0. The zero-order chi connectivity index (χ0) is 29.8. The number of benzene rings is 2. The van der Waals surface area contributed by atoms with Crippen LogP contribution in [0.3, 0.4) is 0 Å². The van der Waals surface area contributed by atoms with E-state index in [9.17, 15) is 35.6 Å². The Morgan fingerprint density at radius 1 is 0.974 bits per heavy atom. The lowest BCUT2D eigenvalue weighted by Crippen LogP contribution is -2.31. The van der Waals surface area contributed by atoms with Crippen molar-refractivity contribution in [1.29, 1.82) is 0 Å². The largest absolute Gasteiger partial charge is 0.466 e. The lowest BCUT2D eigenvalue weighted by atomic mass is 9.95. The molecule has 2 aromatic carbocycles. The first-order valence-corrected chi connectivity index (χ1v) is 13.1. The van der Waals surface area contributed by atoms with Crippen LogP contribution >= 0.6 is 0 Å². The fourth-order valence-electron chi connectivity index (χ4n) is 3.13. The van der Waals surface area contributed by atoms with E-state index in [1.807, 2.05) is 0 Å². The van der Waals surface area contributed by atoms with Crippen molar-refractivity contribution >= 4 is 27.4 Å². The summed E-state index contributed by atoms with van der Waals surface area (Å²) in [6.07, 6.45) is -5.51. The van der Waals surface area contributed by atoms with Crippen LogP contribution in [0.1, 0.15) is 44.4 Å². The topological polar surface area (TPSA) is 98.8 Å². The second-order valence-corrected chi connectivity index (χ2v) is 11.5. The third kappa shape index (κ3) is 8.10. The molecule has 0 saturated heterocycles. The summed E-state index contributed by atoms with van der Waals surface area (Å²) in [5.74, 6) is -4.54. The summed E-state index contributed by atoms with van der Waals surface area (Å²) in [6.45, 7) is 4.42. The maximum atomic E-state index is 15.3. The first-order valence-electron chi connectivity index (χ1n) is 11.5. The van der Waals surface area contributed by atoms with Crippen LogP contribution in [0.15, 0.2) is 36.4 Å². The Kier molecular flexibility index (Phi) is 9.69. The molecule has 14 heteroatoms. The lowest BCUT2D eigenvalue weighted by molar-refractivity contribution is -0.142. The van der Waals surface area contributed by atoms with Gasteiger partial charge in [-0.15, -0.1) is 0 Å². The van der Waals surface area contributed by atoms with E-state index in [0.717, 1.165) is 18.2 Å². The number of hydrogen-bond donors (Lipinski definition) is 1. The number of amides is 1. The Balaban J connectivity index is 2.67. The van der Waals surface area contributed by atoms with Gasteiger partial charge in [0.1, 0.15) is 18.2 Å². The van der Waals surface area contributed by atoms with Crippen LogP contribution in [0, 0.1) is 5.41 Å². The molecule has 0 unspecified atom stereocenters. The molecule has 0 aliphatic heterocycles. The second-order valence-electron chi connectivity index (χ2n) is 9.39. The van der Waals surface area contributed by atoms with Gasteiger partial charge < -0.3 is 14.8 Å². The standard InChI is InChI=1S/C25H27F6NO6S/c1-5-37-21(33)12-15-10-16(24(27,28)29)13-18(11-15)38-20-7-6-17(32-22(34)23(2,3)4)14-19(20)25(30,31)39(35,36)9-8-26/h6-7,10-11,13-14H,5,8-9,12H2,1-4H3,(H,32,34). The molecule has 0 bridgehead atoms. The molecule has 0 heterocycles. The zero-order valence-corrected chi connectivity index (χ0v) is 22.2. The van der Waals surface area contributed by atoms with Crippen molar-refractivity contribution in [3.05, 3.63) is 53.1 Å². The number of hydrogen-bond acceptors (Lipinski definition) is 6. The van der Waals surface area contributed by atoms with Gasteiger partial charge in [0.15, 0.2) is 0 Å². The van der Waals surface area contributed by atoms with Crippen molar-refractivity contribution in [2.45, 2.75) is 45.5 Å². The zero-order valence-electron chi connectivity index (χ0n) is 21.4. The van der Waals surface area contributed by atoms with Crippen LogP contribution in [0.2, 0.25) is 0 Å². The van der Waals surface area contributed by atoms with Crippen LogP contribution < -0.4 is 10.1 Å². The highest BCUT2D eigenvalue weighted by molar-refractivity contribution is 7.92. The Morgan fingerprint density at radius 3 is 2.15 bits per heavy atom. The van der Waals surface area contributed by atoms with E-state index in [4.69, 9.17) is 9.47 Å². The molecular weight excluding hydrogens is 556 g/mol. The van der Waals surface area contributed by atoms with E-state index < -0.39 is 80.0 Å². The first-order chi connectivity index (χ1) is 17.8. The number of esters is 1. The van der Waals surface area contributed by atoms with Gasteiger partial charge in [-0.25, -0.2) is 12.8 Å². The average molecular weight is 584 g/mol. The summed E-state index contributed by atoms with van der Waals surface area (Å²) in [5, 5.41) is -2.41. The van der Waals surface area contributed by atoms with Gasteiger partial charge in [0, 0.05) is 11.1 Å². The van der Waals surface area contributed by atoms with Gasteiger partial charge in [-0.1, -0.05) is 20.8 Å². The van der Waals surface area contributed by atoms with Gasteiger partial charge >= 0.3 is 17.4 Å². The fraction of sp³-hybridized carbons (Fsp3) is 0.440. The van der Waals surface area contributed by atoms with Crippen LogP contribution in [0.5, 0.6) is 11.5 Å². The quantitative estimate of drug-likeness (QED) is 0.271. The Labute approximate surface area is 221 Å². The van der Waals surface area contributed by atoms with Crippen LogP contribution in [0.4, 0.5) is 32.0 Å². The molecule has 0 spiro atoms. The smallest absolute Gasteiger partial charge is 0.416 e. The molecule has 0 atom stereocenters. The molecule has 0 radical (unpaired) electrons. The monoisotopic (exact) mass is 583 g/mol. The second kappa shape index (κ2) is 11.8. The summed E-state index contributed by atoms with van der Waals surface area (Å²) in [6, 6.07) is 4.59. The molecule has 7 nitrogen and oxygen atoms in total. The highest BCUT2D eigenvalue weighted by atomic mass is 32.2. The van der Waals surface area contributed by atoms with E-state index in [1.165, 1.54) is 27.7 Å². The van der Waals surface area contributed by atoms with Crippen LogP contribution in [0.25, 0.3) is 0 Å². The molecule has 39 heavy (non-hydrogen) atoms. The maximum absolute atomic E-state index is 15.3. The summed E-state index contributed by atoms with van der Waals surface area (Å²) < 4.78 is 118. The predicted molar refractivity (Wildman–Crippen MR) is 130 cm³/mol. The Morgan fingerprint density at radius 2 is 1.62 bits per heavy atom. The molecule has 0 aromatic heterocycles. The highest BCUT2D eigenvalue weighted by Crippen LogP contribution is 2.44. The molecule has 0 aliphatic rings. The third-order valence-electron chi connectivity index (χ3n) is 5.14. The van der Waals surface area contributed by atoms with Crippen molar-refractivity contribution < 1.29 is 53.8 Å². The van der Waals surface area contributed by atoms with Crippen molar-refractivity contribution in [3.8, 4) is 11.5 Å². The van der Waals surface area contributed by atoms with E-state index in [1.54, 1.807) is 0 Å². The van der Waals surface area contributed by atoms with Gasteiger partial charge in [-0.2, -0.15) is 22.0 Å². The molecular formula is C25H27F6NO6S. The van der Waals surface area contributed by atoms with Crippen LogP contribution in [-0.4, -0.2) is 39.3 Å². The Hall–Kier alpha value is -3.29. The van der Waals surface area contributed by atoms with E-state index in [-0.39, 0.29) is 17.9 Å². The summed E-state index contributed by atoms with van der Waals surface area (Å²) in [4.78, 5) is 24.2. The number of ether oxygens (including phenoxy) is 2. The summed E-state index contributed by atoms with van der Waals surface area (Å²) in [5.41, 5.74) is -4.06. The number of carbonyl (C=O) groups is 2. The number of nitrogens with one attached hydrogen (secondary N) is 1. The van der Waals surface area contributed by atoms with Crippen molar-refractivity contribution in [2.24, 2.45) is 5.41 Å². The van der Waals surface area contributed by atoms with E-state index >= 15 is 8.78 Å². The van der Waals surface area contributed by atoms with Crippen molar-refractivity contribution in [3.63, 3.8) is 0 Å². The normalized spacial score (nSPS) is 12.7. The minimum absolute atomic E-state index is 0.0367.